The van der Waals surface area contributed by atoms with Gasteiger partial charge in [0.25, 0.3) is 5.69 Å². The van der Waals surface area contributed by atoms with Crippen LogP contribution in [0, 0.1) is 10.1 Å². The molecule has 0 aromatic heterocycles. The Kier molecular flexibility index (Phi) is 6.21. The first-order valence-corrected chi connectivity index (χ1v) is 7.66. The number of nitrogens with zero attached hydrogens (tertiary/aromatic N) is 4. The molecule has 1 aromatic rings. The Labute approximate surface area is 139 Å². The molecule has 1 fully saturated rings. The number of non-ortho nitro benzene ring substituents is 1. The molecule has 2 N–H and O–H groups in total. The van der Waals surface area contributed by atoms with Crippen LogP contribution in [0.3, 0.4) is 0 Å². The van der Waals surface area contributed by atoms with Crippen molar-refractivity contribution in [1.29, 1.82) is 0 Å². The van der Waals surface area contributed by atoms with Gasteiger partial charge < -0.3 is 14.9 Å². The average molecular weight is 335 g/mol. The zero-order valence-electron chi connectivity index (χ0n) is 13.5. The number of rotatable bonds is 6. The van der Waals surface area contributed by atoms with E-state index in [1.54, 1.807) is 0 Å². The van der Waals surface area contributed by atoms with E-state index in [2.05, 4.69) is 27.4 Å². The van der Waals surface area contributed by atoms with Gasteiger partial charge >= 0.3 is 0 Å². The van der Waals surface area contributed by atoms with E-state index in [-0.39, 0.29) is 22.9 Å². The molecule has 0 radical (unpaired) electrons. The highest BCUT2D eigenvalue weighted by Crippen LogP contribution is 2.21. The molecule has 9 heteroatoms. The van der Waals surface area contributed by atoms with Gasteiger partial charge in [0.2, 0.25) is 5.91 Å². The summed E-state index contributed by atoms with van der Waals surface area (Å²) >= 11 is 0. The Hall–Kier alpha value is -2.52. The third-order valence-corrected chi connectivity index (χ3v) is 3.87. The maximum atomic E-state index is 11.8. The molecule has 24 heavy (non-hydrogen) atoms. The number of benzene rings is 1. The number of hydrogen-bond acceptors (Lipinski definition) is 7. The molecule has 2 rings (SSSR count). The molecule has 1 aliphatic heterocycles. The molecule has 0 bridgehead atoms. The van der Waals surface area contributed by atoms with Crippen molar-refractivity contribution in [2.45, 2.75) is 6.42 Å². The molecule has 0 aliphatic carbocycles. The van der Waals surface area contributed by atoms with Crippen LogP contribution in [0.25, 0.3) is 0 Å². The second-order valence-corrected chi connectivity index (χ2v) is 5.69. The highest BCUT2D eigenvalue weighted by atomic mass is 16.6. The summed E-state index contributed by atoms with van der Waals surface area (Å²) in [7, 11) is 2.07. The maximum Gasteiger partial charge on any atom is 0.270 e. The van der Waals surface area contributed by atoms with Gasteiger partial charge in [0, 0.05) is 56.8 Å². The van der Waals surface area contributed by atoms with E-state index in [4.69, 9.17) is 0 Å². The van der Waals surface area contributed by atoms with Gasteiger partial charge in [-0.2, -0.15) is 5.10 Å². The Morgan fingerprint density at radius 2 is 2.12 bits per heavy atom. The molecule has 1 amide bonds. The van der Waals surface area contributed by atoms with Crippen LogP contribution in [0.15, 0.2) is 23.3 Å². The second kappa shape index (κ2) is 8.37. The Balaban J connectivity index is 1.80. The van der Waals surface area contributed by atoms with Crippen LogP contribution >= 0.6 is 0 Å². The predicted molar refractivity (Wildman–Crippen MR) is 89.1 cm³/mol. The molecule has 1 heterocycles. The minimum atomic E-state index is -0.564. The lowest BCUT2D eigenvalue weighted by Gasteiger charge is -2.32. The minimum absolute atomic E-state index is 0.143. The summed E-state index contributed by atoms with van der Waals surface area (Å²) < 4.78 is 0. The zero-order chi connectivity index (χ0) is 17.5. The number of carbonyl (C=O) groups is 1. The van der Waals surface area contributed by atoms with Crippen molar-refractivity contribution in [2.24, 2.45) is 5.10 Å². The zero-order valence-corrected chi connectivity index (χ0v) is 13.5. The number of amides is 1. The van der Waals surface area contributed by atoms with Crippen LogP contribution in [0.1, 0.15) is 12.0 Å². The van der Waals surface area contributed by atoms with Crippen molar-refractivity contribution in [3.05, 3.63) is 33.9 Å². The van der Waals surface area contributed by atoms with Gasteiger partial charge in [0.05, 0.1) is 11.1 Å². The van der Waals surface area contributed by atoms with E-state index in [1.165, 1.54) is 24.4 Å². The van der Waals surface area contributed by atoms with Crippen molar-refractivity contribution < 1.29 is 14.8 Å². The molecule has 1 aromatic carbocycles. The molecular weight excluding hydrogens is 314 g/mol. The molecular formula is C15H21N5O4. The Bertz CT molecular complexity index is 626. The van der Waals surface area contributed by atoms with Crippen LogP contribution in [-0.4, -0.2) is 71.7 Å². The number of hydrogen-bond donors (Lipinski definition) is 2. The summed E-state index contributed by atoms with van der Waals surface area (Å²) in [6, 6.07) is 3.60. The number of piperazine rings is 1. The topological polar surface area (TPSA) is 111 Å². The summed E-state index contributed by atoms with van der Waals surface area (Å²) in [5.74, 6) is -0.383. The van der Waals surface area contributed by atoms with Gasteiger partial charge in [0.1, 0.15) is 5.75 Å². The fourth-order valence-corrected chi connectivity index (χ4v) is 2.32. The number of nitrogens with one attached hydrogen (secondary N) is 1. The number of nitro benzene ring substituents is 1. The van der Waals surface area contributed by atoms with Gasteiger partial charge in [-0.3, -0.25) is 14.9 Å². The largest absolute Gasteiger partial charge is 0.507 e. The number of nitro groups is 1. The van der Waals surface area contributed by atoms with Crippen molar-refractivity contribution in [3.8, 4) is 5.75 Å². The first kappa shape index (κ1) is 17.8. The predicted octanol–water partition coefficient (Wildman–Crippen LogP) is 0.388. The number of carbonyl (C=O) groups excluding carboxylic acids is 1. The minimum Gasteiger partial charge on any atom is -0.507 e. The van der Waals surface area contributed by atoms with Crippen molar-refractivity contribution in [2.75, 3.05) is 39.8 Å². The second-order valence-electron chi connectivity index (χ2n) is 5.69. The van der Waals surface area contributed by atoms with E-state index < -0.39 is 4.92 Å². The Morgan fingerprint density at radius 1 is 1.42 bits per heavy atom. The lowest BCUT2D eigenvalue weighted by atomic mass is 10.2. The van der Waals surface area contributed by atoms with Gasteiger partial charge in [-0.15, -0.1) is 0 Å². The van der Waals surface area contributed by atoms with Crippen LogP contribution in [0.4, 0.5) is 5.69 Å². The van der Waals surface area contributed by atoms with Crippen LogP contribution < -0.4 is 5.43 Å². The summed E-state index contributed by atoms with van der Waals surface area (Å²) in [5.41, 5.74) is 2.38. The summed E-state index contributed by atoms with van der Waals surface area (Å²) in [6.07, 6.45) is 1.51. The standard InChI is InChI=1S/C15H21N5O4/c1-18-6-8-19(9-7-18)5-4-15(22)17-16-11-12-10-13(20(23)24)2-3-14(12)21/h2-3,10-11,21H,4-9H2,1H3,(H,17,22)/b16-11-. The van der Waals surface area contributed by atoms with Gasteiger partial charge in [-0.05, 0) is 13.1 Å². The fraction of sp³-hybridized carbons (Fsp3) is 0.467. The Morgan fingerprint density at radius 3 is 2.79 bits per heavy atom. The third kappa shape index (κ3) is 5.28. The fourth-order valence-electron chi connectivity index (χ4n) is 2.32. The first-order valence-electron chi connectivity index (χ1n) is 7.66. The SMILES string of the molecule is CN1CCN(CCC(=O)N/N=C\c2cc([N+](=O)[O-])ccc2O)CC1. The van der Waals surface area contributed by atoms with E-state index >= 15 is 0 Å². The molecule has 1 aliphatic rings. The molecule has 9 nitrogen and oxygen atoms in total. The molecule has 1 saturated heterocycles. The number of phenolic OH excluding ortho intramolecular Hbond substituents is 1. The monoisotopic (exact) mass is 335 g/mol. The van der Waals surface area contributed by atoms with Crippen LogP contribution in [-0.2, 0) is 4.79 Å². The molecule has 130 valence electrons. The van der Waals surface area contributed by atoms with Crippen molar-refractivity contribution in [3.63, 3.8) is 0 Å². The number of phenols is 1. The maximum absolute atomic E-state index is 11.8. The van der Waals surface area contributed by atoms with E-state index in [1.807, 2.05) is 0 Å². The summed E-state index contributed by atoms with van der Waals surface area (Å²) in [4.78, 5) is 26.4. The molecule has 0 unspecified atom stereocenters. The van der Waals surface area contributed by atoms with Crippen LogP contribution in [0.2, 0.25) is 0 Å². The van der Waals surface area contributed by atoms with Gasteiger partial charge in [0.15, 0.2) is 0 Å². The highest BCUT2D eigenvalue weighted by molar-refractivity contribution is 5.86. The smallest absolute Gasteiger partial charge is 0.270 e. The normalized spacial score (nSPS) is 16.4. The highest BCUT2D eigenvalue weighted by Gasteiger charge is 2.14. The van der Waals surface area contributed by atoms with E-state index in [0.717, 1.165) is 26.2 Å². The summed E-state index contributed by atoms with van der Waals surface area (Å²) in [6.45, 7) is 4.53. The lowest BCUT2D eigenvalue weighted by Crippen LogP contribution is -2.45. The number of likely N-dealkylation sites (N-methyl/N-ethyl adjacent to an activating group) is 1. The van der Waals surface area contributed by atoms with Crippen LogP contribution in [0.5, 0.6) is 5.75 Å². The third-order valence-electron chi connectivity index (χ3n) is 3.87. The molecule has 0 atom stereocenters. The van der Waals surface area contributed by atoms with Gasteiger partial charge in [-0.1, -0.05) is 0 Å². The molecule has 0 spiro atoms. The van der Waals surface area contributed by atoms with E-state index in [0.29, 0.717) is 13.0 Å². The lowest BCUT2D eigenvalue weighted by molar-refractivity contribution is -0.384. The quantitative estimate of drug-likeness (QED) is 0.442. The van der Waals surface area contributed by atoms with Crippen molar-refractivity contribution >= 4 is 17.8 Å². The number of hydrazone groups is 1. The number of aromatic hydroxyl groups is 1. The van der Waals surface area contributed by atoms with Gasteiger partial charge in [-0.25, -0.2) is 5.43 Å². The first-order chi connectivity index (χ1) is 11.5. The summed E-state index contributed by atoms with van der Waals surface area (Å²) in [5, 5.41) is 24.1. The van der Waals surface area contributed by atoms with E-state index in [9.17, 15) is 20.0 Å². The van der Waals surface area contributed by atoms with Crippen molar-refractivity contribution in [1.82, 2.24) is 15.2 Å². The molecule has 0 saturated carbocycles. The average Bonchev–Trinajstić information content (AvgIpc) is 2.56.